The summed E-state index contributed by atoms with van der Waals surface area (Å²) < 4.78 is 6.43. The molecule has 0 N–H and O–H groups in total. The molecule has 0 radical (unpaired) electrons. The molecule has 4 aromatic carbocycles. The SMILES string of the molecule is Cc1ccc2c(c1)N(c1cc3c(cc1C)C(C)(C)CCC3(C)C)c1cc3c(cc1B2c1coc2ccc(C(C)(C)C)cc12)C(C)(C)CCC3(C)C. The number of hydrogen-bond donors (Lipinski definition) is 0. The van der Waals surface area contributed by atoms with Crippen LogP contribution >= 0.6 is 0 Å². The van der Waals surface area contributed by atoms with Crippen LogP contribution < -0.4 is 21.3 Å². The van der Waals surface area contributed by atoms with Gasteiger partial charge in [-0.15, -0.1) is 0 Å². The molecule has 0 fully saturated rings. The minimum Gasteiger partial charge on any atom is -0.465 e. The molecular weight excluding hydrogens is 617 g/mol. The molecule has 51 heavy (non-hydrogen) atoms. The van der Waals surface area contributed by atoms with E-state index in [9.17, 15) is 0 Å². The summed E-state index contributed by atoms with van der Waals surface area (Å²) in [5.41, 5.74) is 19.4. The van der Waals surface area contributed by atoms with Gasteiger partial charge >= 0.3 is 0 Å². The molecule has 0 saturated carbocycles. The van der Waals surface area contributed by atoms with Crippen LogP contribution in [0.1, 0.15) is 141 Å². The zero-order valence-corrected chi connectivity index (χ0v) is 33.6. The summed E-state index contributed by atoms with van der Waals surface area (Å²) in [5.74, 6) is 0. The van der Waals surface area contributed by atoms with Gasteiger partial charge in [0, 0.05) is 22.4 Å². The predicted molar refractivity (Wildman–Crippen MR) is 221 cm³/mol. The molecule has 0 amide bonds. The van der Waals surface area contributed by atoms with E-state index in [-0.39, 0.29) is 33.8 Å². The van der Waals surface area contributed by atoms with E-state index in [2.05, 4.69) is 162 Å². The average molecular weight is 676 g/mol. The number of rotatable bonds is 2. The van der Waals surface area contributed by atoms with Gasteiger partial charge in [-0.2, -0.15) is 0 Å². The first-order valence-electron chi connectivity index (χ1n) is 19.5. The fourth-order valence-electron chi connectivity index (χ4n) is 9.72. The number of nitrogens with zero attached hydrogens (tertiary/aromatic N) is 1. The molecule has 1 aromatic heterocycles. The summed E-state index contributed by atoms with van der Waals surface area (Å²) >= 11 is 0. The van der Waals surface area contributed by atoms with Crippen LogP contribution in [0.5, 0.6) is 0 Å². The summed E-state index contributed by atoms with van der Waals surface area (Å²) in [5, 5.41) is 1.23. The Morgan fingerprint density at radius 2 is 1.10 bits per heavy atom. The monoisotopic (exact) mass is 675 g/mol. The van der Waals surface area contributed by atoms with Crippen molar-refractivity contribution in [1.29, 1.82) is 0 Å². The molecule has 3 heteroatoms. The lowest BCUT2D eigenvalue weighted by Crippen LogP contribution is -2.58. The van der Waals surface area contributed by atoms with E-state index in [4.69, 9.17) is 4.42 Å². The third kappa shape index (κ3) is 5.27. The summed E-state index contributed by atoms with van der Waals surface area (Å²) in [4.78, 5) is 2.66. The normalized spacial score (nSPS) is 19.7. The van der Waals surface area contributed by atoms with Gasteiger partial charge in [0.05, 0.1) is 6.26 Å². The van der Waals surface area contributed by atoms with Gasteiger partial charge in [0.15, 0.2) is 0 Å². The number of fused-ring (bicyclic) bond motifs is 5. The Bertz CT molecular complexity index is 2240. The van der Waals surface area contributed by atoms with E-state index in [0.29, 0.717) is 0 Å². The molecule has 0 atom stereocenters. The topological polar surface area (TPSA) is 16.4 Å². The molecule has 0 unspecified atom stereocenters. The van der Waals surface area contributed by atoms with Crippen molar-refractivity contribution in [3.05, 3.63) is 106 Å². The van der Waals surface area contributed by atoms with Crippen LogP contribution in [0.25, 0.3) is 11.0 Å². The van der Waals surface area contributed by atoms with E-state index >= 15 is 0 Å². The summed E-state index contributed by atoms with van der Waals surface area (Å²) in [6.07, 6.45) is 6.86. The number of hydrogen-bond acceptors (Lipinski definition) is 2. The van der Waals surface area contributed by atoms with Gasteiger partial charge in [-0.25, -0.2) is 0 Å². The van der Waals surface area contributed by atoms with Gasteiger partial charge in [0.25, 0.3) is 6.71 Å². The molecule has 0 spiro atoms. The molecule has 2 heterocycles. The van der Waals surface area contributed by atoms with Crippen LogP contribution in [0.15, 0.2) is 71.3 Å². The maximum absolute atomic E-state index is 6.43. The lowest BCUT2D eigenvalue weighted by molar-refractivity contribution is 0.331. The van der Waals surface area contributed by atoms with Gasteiger partial charge in [-0.05, 0) is 152 Å². The van der Waals surface area contributed by atoms with Crippen LogP contribution in [0.2, 0.25) is 0 Å². The molecule has 2 nitrogen and oxygen atoms in total. The van der Waals surface area contributed by atoms with E-state index in [1.807, 2.05) is 0 Å². The fraction of sp³-hybridized carbons (Fsp3) is 0.458. The molecule has 1 aliphatic heterocycles. The third-order valence-corrected chi connectivity index (χ3v) is 13.5. The highest BCUT2D eigenvalue weighted by atomic mass is 16.3. The minimum absolute atomic E-state index is 0.0417. The first-order chi connectivity index (χ1) is 23.7. The Kier molecular flexibility index (Phi) is 7.35. The Morgan fingerprint density at radius 3 is 1.69 bits per heavy atom. The first kappa shape index (κ1) is 34.4. The second-order valence-electron chi connectivity index (χ2n) is 20.2. The highest BCUT2D eigenvalue weighted by Crippen LogP contribution is 2.52. The zero-order chi connectivity index (χ0) is 36.6. The lowest BCUT2D eigenvalue weighted by Gasteiger charge is -2.46. The van der Waals surface area contributed by atoms with E-state index in [1.54, 1.807) is 0 Å². The largest absolute Gasteiger partial charge is 0.465 e. The second-order valence-corrected chi connectivity index (χ2v) is 20.2. The van der Waals surface area contributed by atoms with Crippen LogP contribution in [0.3, 0.4) is 0 Å². The van der Waals surface area contributed by atoms with E-state index in [0.717, 1.165) is 5.58 Å². The van der Waals surface area contributed by atoms with Crippen molar-refractivity contribution in [3.63, 3.8) is 0 Å². The molecular formula is C48H58BNO. The molecule has 3 aliphatic rings. The predicted octanol–water partition coefficient (Wildman–Crippen LogP) is 11.3. The van der Waals surface area contributed by atoms with Crippen molar-refractivity contribution in [2.24, 2.45) is 0 Å². The number of furan rings is 1. The maximum Gasteiger partial charge on any atom is 0.251 e. The number of anilines is 3. The Morgan fingerprint density at radius 1 is 0.569 bits per heavy atom. The molecule has 2 aliphatic carbocycles. The summed E-state index contributed by atoms with van der Waals surface area (Å²) in [7, 11) is 0. The average Bonchev–Trinajstić information content (AvgIpc) is 3.46. The highest BCUT2D eigenvalue weighted by molar-refractivity contribution is 6.99. The van der Waals surface area contributed by atoms with Crippen LogP contribution in [-0.2, 0) is 27.1 Å². The Labute approximate surface area is 308 Å². The highest BCUT2D eigenvalue weighted by Gasteiger charge is 2.44. The molecule has 264 valence electrons. The van der Waals surface area contributed by atoms with Crippen LogP contribution in [-0.4, -0.2) is 6.71 Å². The summed E-state index contributed by atoms with van der Waals surface area (Å²) in [6.45, 7) is 31.2. The van der Waals surface area contributed by atoms with E-state index in [1.165, 1.54) is 103 Å². The lowest BCUT2D eigenvalue weighted by atomic mass is 9.34. The van der Waals surface area contributed by atoms with Gasteiger partial charge in [-0.3, -0.25) is 0 Å². The van der Waals surface area contributed by atoms with Gasteiger partial charge < -0.3 is 9.32 Å². The van der Waals surface area contributed by atoms with Crippen molar-refractivity contribution < 1.29 is 4.42 Å². The van der Waals surface area contributed by atoms with E-state index < -0.39 is 0 Å². The molecule has 8 rings (SSSR count). The Hall–Kier alpha value is -3.72. The van der Waals surface area contributed by atoms with Crippen LogP contribution in [0, 0.1) is 13.8 Å². The number of benzene rings is 4. The summed E-state index contributed by atoms with van der Waals surface area (Å²) in [6, 6.07) is 24.3. The van der Waals surface area contributed by atoms with Crippen molar-refractivity contribution in [2.75, 3.05) is 4.90 Å². The third-order valence-electron chi connectivity index (χ3n) is 13.5. The molecule has 5 aromatic rings. The molecule has 0 saturated heterocycles. The smallest absolute Gasteiger partial charge is 0.251 e. The van der Waals surface area contributed by atoms with Crippen LogP contribution in [0.4, 0.5) is 17.1 Å². The van der Waals surface area contributed by atoms with Gasteiger partial charge in [-0.1, -0.05) is 106 Å². The van der Waals surface area contributed by atoms with Crippen molar-refractivity contribution in [3.8, 4) is 0 Å². The maximum atomic E-state index is 6.43. The quantitative estimate of drug-likeness (QED) is 0.170. The van der Waals surface area contributed by atoms with Crippen molar-refractivity contribution in [1.82, 2.24) is 0 Å². The van der Waals surface area contributed by atoms with Gasteiger partial charge in [0.1, 0.15) is 5.58 Å². The standard InChI is InChI=1S/C48H58BNO/c1-29-14-16-37-41(22-29)50(40-26-35-33(23-30(40)2)45(6,7)18-20-47(35,10)11)42-27-36-34(46(8,9)19-21-48(36,12)13)25-38(42)49(37)39-28-51-43-17-15-31(24-32(39)43)44(3,4)5/h14-17,22-28H,18-21H2,1-13H3. The Balaban J connectivity index is 1.47. The van der Waals surface area contributed by atoms with Crippen molar-refractivity contribution in [2.45, 2.75) is 143 Å². The zero-order valence-electron chi connectivity index (χ0n) is 33.6. The fourth-order valence-corrected chi connectivity index (χ4v) is 9.72. The first-order valence-corrected chi connectivity index (χ1v) is 19.5. The second kappa shape index (κ2) is 10.9. The van der Waals surface area contributed by atoms with Gasteiger partial charge in [0.2, 0.25) is 0 Å². The minimum atomic E-state index is 0.0417. The number of aryl methyl sites for hydroxylation is 2. The van der Waals surface area contributed by atoms with Crippen molar-refractivity contribution >= 4 is 51.1 Å². The molecule has 0 bridgehead atoms.